The van der Waals surface area contributed by atoms with Gasteiger partial charge in [-0.15, -0.1) is 0 Å². The molecule has 1 aromatic carbocycles. The summed E-state index contributed by atoms with van der Waals surface area (Å²) in [5.41, 5.74) is 6.26. The minimum atomic E-state index is -0.900. The van der Waals surface area contributed by atoms with Crippen LogP contribution < -0.4 is 5.73 Å². The maximum Gasteiger partial charge on any atom is 0.201 e. The number of fused-ring (bicyclic) bond motifs is 1. The molecule has 6 heteroatoms. The molecule has 0 bridgehead atoms. The lowest BCUT2D eigenvalue weighted by Gasteiger charge is -2.21. The quantitative estimate of drug-likeness (QED) is 0.909. The Bertz CT molecular complexity index is 577. The van der Waals surface area contributed by atoms with Gasteiger partial charge in [0, 0.05) is 12.6 Å². The Balaban J connectivity index is 2.55. The van der Waals surface area contributed by atoms with Crippen LogP contribution in [0.1, 0.15) is 6.92 Å². The third-order valence-corrected chi connectivity index (χ3v) is 3.16. The molecule has 2 aromatic rings. The number of nitrogens with two attached hydrogens (primary N) is 1. The van der Waals surface area contributed by atoms with Gasteiger partial charge in [0.15, 0.2) is 11.6 Å². The number of nitrogens with zero attached hydrogens (tertiary/aromatic N) is 3. The molecular weight excluding hydrogens is 238 g/mol. The number of halogens is 2. The Labute approximate surface area is 104 Å². The van der Waals surface area contributed by atoms with E-state index >= 15 is 0 Å². The Kier molecular flexibility index (Phi) is 3.21. The first kappa shape index (κ1) is 12.8. The second-order valence-electron chi connectivity index (χ2n) is 4.62. The highest BCUT2D eigenvalue weighted by Crippen LogP contribution is 2.23. The second-order valence-corrected chi connectivity index (χ2v) is 4.62. The summed E-state index contributed by atoms with van der Waals surface area (Å²) in [5, 5.41) is 0. The lowest BCUT2D eigenvalue weighted by atomic mass is 10.2. The Morgan fingerprint density at radius 2 is 2.06 bits per heavy atom. The normalized spacial score (nSPS) is 13.4. The first-order valence-electron chi connectivity index (χ1n) is 5.68. The molecule has 0 amide bonds. The van der Waals surface area contributed by atoms with Crippen molar-refractivity contribution in [3.63, 3.8) is 0 Å². The molecule has 0 spiro atoms. The average molecular weight is 254 g/mol. The molecular formula is C12H16F2N4. The van der Waals surface area contributed by atoms with Crippen LogP contribution in [-0.2, 0) is 6.54 Å². The van der Waals surface area contributed by atoms with Crippen LogP contribution in [0.3, 0.4) is 0 Å². The minimum absolute atomic E-state index is 0.126. The van der Waals surface area contributed by atoms with Crippen molar-refractivity contribution < 1.29 is 8.78 Å². The van der Waals surface area contributed by atoms with Gasteiger partial charge in [-0.25, -0.2) is 13.8 Å². The highest BCUT2D eigenvalue weighted by molar-refractivity contribution is 5.79. The topological polar surface area (TPSA) is 47.1 Å². The van der Waals surface area contributed by atoms with Crippen LogP contribution in [0.2, 0.25) is 0 Å². The fourth-order valence-electron chi connectivity index (χ4n) is 1.79. The molecule has 0 saturated heterocycles. The Morgan fingerprint density at radius 1 is 1.39 bits per heavy atom. The number of anilines is 1. The zero-order chi connectivity index (χ0) is 13.4. The van der Waals surface area contributed by atoms with Gasteiger partial charge in [-0.05, 0) is 33.2 Å². The van der Waals surface area contributed by atoms with Crippen LogP contribution in [0.25, 0.3) is 11.0 Å². The summed E-state index contributed by atoms with van der Waals surface area (Å²) in [5.74, 6) is -1.59. The van der Waals surface area contributed by atoms with Gasteiger partial charge in [0.2, 0.25) is 5.95 Å². The van der Waals surface area contributed by atoms with Gasteiger partial charge in [0.25, 0.3) is 0 Å². The van der Waals surface area contributed by atoms with Gasteiger partial charge in [-0.3, -0.25) is 0 Å². The molecule has 0 aliphatic rings. The molecule has 4 nitrogen and oxygen atoms in total. The lowest BCUT2D eigenvalue weighted by molar-refractivity contribution is 0.286. The standard InChI is InChI=1S/C12H16F2N4/c1-7(17(2)3)6-18-11-9(16-12(18)15)5-4-8(13)10(11)14/h4-5,7H,6H2,1-3H3,(H2,15,16). The van der Waals surface area contributed by atoms with Crippen molar-refractivity contribution in [1.82, 2.24) is 14.5 Å². The molecule has 0 fully saturated rings. The summed E-state index contributed by atoms with van der Waals surface area (Å²) >= 11 is 0. The Hall–Kier alpha value is -1.69. The average Bonchev–Trinajstić information content (AvgIpc) is 2.61. The number of imidazole rings is 1. The van der Waals surface area contributed by atoms with E-state index in [2.05, 4.69) is 4.98 Å². The summed E-state index contributed by atoms with van der Waals surface area (Å²) in [6.07, 6.45) is 0. The smallest absolute Gasteiger partial charge is 0.201 e. The molecule has 0 saturated carbocycles. The van der Waals surface area contributed by atoms with E-state index in [0.717, 1.165) is 6.07 Å². The summed E-state index contributed by atoms with van der Waals surface area (Å²) in [7, 11) is 3.83. The molecule has 0 aliphatic heterocycles. The van der Waals surface area contributed by atoms with E-state index in [0.29, 0.717) is 12.1 Å². The molecule has 0 aliphatic carbocycles. The third-order valence-electron chi connectivity index (χ3n) is 3.16. The first-order valence-corrected chi connectivity index (χ1v) is 5.68. The van der Waals surface area contributed by atoms with E-state index in [1.807, 2.05) is 25.9 Å². The number of rotatable bonds is 3. The molecule has 2 N–H and O–H groups in total. The van der Waals surface area contributed by atoms with Crippen molar-refractivity contribution >= 4 is 17.0 Å². The van der Waals surface area contributed by atoms with E-state index in [-0.39, 0.29) is 17.5 Å². The van der Waals surface area contributed by atoms with E-state index in [4.69, 9.17) is 5.73 Å². The lowest BCUT2D eigenvalue weighted by Crippen LogP contribution is -2.29. The molecule has 18 heavy (non-hydrogen) atoms. The highest BCUT2D eigenvalue weighted by atomic mass is 19.2. The van der Waals surface area contributed by atoms with Crippen LogP contribution in [-0.4, -0.2) is 34.6 Å². The molecule has 1 unspecified atom stereocenters. The van der Waals surface area contributed by atoms with Gasteiger partial charge < -0.3 is 15.2 Å². The number of likely N-dealkylation sites (N-methyl/N-ethyl adjacent to an activating group) is 1. The maximum absolute atomic E-state index is 13.8. The zero-order valence-corrected chi connectivity index (χ0v) is 10.6. The van der Waals surface area contributed by atoms with Crippen molar-refractivity contribution in [2.75, 3.05) is 19.8 Å². The second kappa shape index (κ2) is 4.53. The van der Waals surface area contributed by atoms with Gasteiger partial charge in [-0.1, -0.05) is 0 Å². The fraction of sp³-hybridized carbons (Fsp3) is 0.417. The number of nitrogen functional groups attached to an aromatic ring is 1. The number of hydrogen-bond donors (Lipinski definition) is 1. The van der Waals surface area contributed by atoms with Crippen molar-refractivity contribution in [3.8, 4) is 0 Å². The molecule has 0 radical (unpaired) electrons. The Morgan fingerprint density at radius 3 is 2.67 bits per heavy atom. The van der Waals surface area contributed by atoms with Crippen LogP contribution in [0, 0.1) is 11.6 Å². The molecule has 1 aromatic heterocycles. The van der Waals surface area contributed by atoms with E-state index in [1.54, 1.807) is 0 Å². The van der Waals surface area contributed by atoms with E-state index in [1.165, 1.54) is 10.6 Å². The van der Waals surface area contributed by atoms with Crippen molar-refractivity contribution in [3.05, 3.63) is 23.8 Å². The number of benzene rings is 1. The maximum atomic E-state index is 13.8. The van der Waals surface area contributed by atoms with Crippen LogP contribution in [0.4, 0.5) is 14.7 Å². The van der Waals surface area contributed by atoms with Crippen LogP contribution >= 0.6 is 0 Å². The predicted molar refractivity (Wildman–Crippen MR) is 67.2 cm³/mol. The largest absolute Gasteiger partial charge is 0.369 e. The fourth-order valence-corrected chi connectivity index (χ4v) is 1.79. The summed E-state index contributed by atoms with van der Waals surface area (Å²) < 4.78 is 28.6. The van der Waals surface area contributed by atoms with Crippen molar-refractivity contribution in [2.24, 2.45) is 0 Å². The van der Waals surface area contributed by atoms with E-state index in [9.17, 15) is 8.78 Å². The first-order chi connectivity index (χ1) is 8.41. The monoisotopic (exact) mass is 254 g/mol. The third kappa shape index (κ3) is 2.03. The van der Waals surface area contributed by atoms with Gasteiger partial charge in [0.1, 0.15) is 5.52 Å². The SMILES string of the molecule is CC(Cn1c(N)nc2ccc(F)c(F)c21)N(C)C. The van der Waals surface area contributed by atoms with Gasteiger partial charge in [-0.2, -0.15) is 0 Å². The van der Waals surface area contributed by atoms with Gasteiger partial charge in [0.05, 0.1) is 5.52 Å². The highest BCUT2D eigenvalue weighted by Gasteiger charge is 2.18. The summed E-state index contributed by atoms with van der Waals surface area (Å²) in [6, 6.07) is 2.62. The van der Waals surface area contributed by atoms with E-state index < -0.39 is 11.6 Å². The predicted octanol–water partition coefficient (Wildman–Crippen LogP) is 1.85. The van der Waals surface area contributed by atoms with Gasteiger partial charge >= 0.3 is 0 Å². The van der Waals surface area contributed by atoms with Crippen molar-refractivity contribution in [2.45, 2.75) is 19.5 Å². The zero-order valence-electron chi connectivity index (χ0n) is 10.6. The molecule has 2 rings (SSSR count). The summed E-state index contributed by atoms with van der Waals surface area (Å²) in [6.45, 7) is 2.43. The van der Waals surface area contributed by atoms with Crippen LogP contribution in [0.15, 0.2) is 12.1 Å². The molecule has 98 valence electrons. The molecule has 1 atom stereocenters. The number of hydrogen-bond acceptors (Lipinski definition) is 3. The van der Waals surface area contributed by atoms with Crippen molar-refractivity contribution in [1.29, 1.82) is 0 Å². The number of aromatic nitrogens is 2. The van der Waals surface area contributed by atoms with Crippen LogP contribution in [0.5, 0.6) is 0 Å². The summed E-state index contributed by atoms with van der Waals surface area (Å²) in [4.78, 5) is 6.02. The molecule has 1 heterocycles. The minimum Gasteiger partial charge on any atom is -0.369 e.